The largest absolute Gasteiger partial charge is 0.350 e. The van der Waals surface area contributed by atoms with Gasteiger partial charge in [-0.15, -0.1) is 0 Å². The number of aromatic nitrogens is 2. The van der Waals surface area contributed by atoms with E-state index in [2.05, 4.69) is 22.1 Å². The number of pyridine rings is 2. The molecule has 0 saturated heterocycles. The van der Waals surface area contributed by atoms with Crippen molar-refractivity contribution in [2.45, 2.75) is 0 Å². The molecule has 148 valence electrons. The average molecular weight is 412 g/mol. The molecule has 32 heavy (non-hydrogen) atoms. The fraction of sp³-hybridized carbons (Fsp3) is 0. The first-order valence-corrected chi connectivity index (χ1v) is 9.90. The lowest BCUT2D eigenvalue weighted by atomic mass is 10.00. The molecule has 6 nitrogen and oxygen atoms in total. The second kappa shape index (κ2) is 6.28. The van der Waals surface area contributed by atoms with Gasteiger partial charge in [-0.1, -0.05) is 24.3 Å². The summed E-state index contributed by atoms with van der Waals surface area (Å²) in [7, 11) is 0. The number of hydrogen-bond donors (Lipinski definition) is 2. The van der Waals surface area contributed by atoms with E-state index in [1.54, 1.807) is 24.3 Å². The SMILES string of the molecule is N#Cc1cc2cccc3[nH]/c(=c4\[nH]c5cccc6cc(C#N)cc(c4=O)c65)c(=O)c(c1)c23. The lowest BCUT2D eigenvalue weighted by Gasteiger charge is -2.08. The zero-order valence-electron chi connectivity index (χ0n) is 16.5. The van der Waals surface area contributed by atoms with Crippen LogP contribution in [-0.2, 0) is 0 Å². The molecule has 6 rings (SSSR count). The molecule has 0 radical (unpaired) electrons. The van der Waals surface area contributed by atoms with Crippen LogP contribution in [0.5, 0.6) is 0 Å². The highest BCUT2D eigenvalue weighted by Crippen LogP contribution is 2.26. The predicted molar refractivity (Wildman–Crippen MR) is 122 cm³/mol. The fourth-order valence-electron chi connectivity index (χ4n) is 4.56. The van der Waals surface area contributed by atoms with Gasteiger partial charge >= 0.3 is 0 Å². The molecule has 0 spiro atoms. The van der Waals surface area contributed by atoms with Crippen LogP contribution in [0.25, 0.3) is 43.4 Å². The van der Waals surface area contributed by atoms with E-state index in [4.69, 9.17) is 0 Å². The molecule has 6 heteroatoms. The van der Waals surface area contributed by atoms with Crippen LogP contribution < -0.4 is 10.9 Å². The smallest absolute Gasteiger partial charge is 0.212 e. The van der Waals surface area contributed by atoms with Crippen molar-refractivity contribution in [3.8, 4) is 12.1 Å². The van der Waals surface area contributed by atoms with Crippen LogP contribution in [0.1, 0.15) is 11.1 Å². The Morgan fingerprint density at radius 2 is 1.06 bits per heavy atom. The molecule has 6 aromatic rings. The number of H-pyrrole nitrogens is 2. The van der Waals surface area contributed by atoms with Gasteiger partial charge in [0.05, 0.1) is 23.3 Å². The molecule has 0 aliphatic rings. The number of nitrogens with one attached hydrogen (secondary N) is 2. The van der Waals surface area contributed by atoms with Crippen LogP contribution in [0.15, 0.2) is 70.3 Å². The van der Waals surface area contributed by atoms with E-state index >= 15 is 0 Å². The van der Waals surface area contributed by atoms with Gasteiger partial charge < -0.3 is 9.97 Å². The third-order valence-corrected chi connectivity index (χ3v) is 5.92. The summed E-state index contributed by atoms with van der Waals surface area (Å²) in [6, 6.07) is 21.8. The second-order valence-electron chi connectivity index (χ2n) is 7.74. The molecule has 4 aromatic carbocycles. The molecule has 0 saturated carbocycles. The topological polar surface area (TPSA) is 113 Å². The summed E-state index contributed by atoms with van der Waals surface area (Å²) in [4.78, 5) is 33.3. The van der Waals surface area contributed by atoms with E-state index in [1.807, 2.05) is 36.4 Å². The van der Waals surface area contributed by atoms with Crippen molar-refractivity contribution in [3.63, 3.8) is 0 Å². The molecule has 0 fully saturated rings. The molecule has 2 heterocycles. The van der Waals surface area contributed by atoms with E-state index in [9.17, 15) is 20.1 Å². The Kier molecular flexibility index (Phi) is 3.51. The number of hydrogen-bond acceptors (Lipinski definition) is 4. The third kappa shape index (κ3) is 2.32. The summed E-state index contributed by atoms with van der Waals surface area (Å²) >= 11 is 0. The quantitative estimate of drug-likeness (QED) is 0.390. The lowest BCUT2D eigenvalue weighted by molar-refractivity contribution is 1.17. The molecule has 0 aliphatic heterocycles. The molecule has 0 aliphatic carbocycles. The fourth-order valence-corrected chi connectivity index (χ4v) is 4.56. The molecule has 2 aromatic heterocycles. The molecule has 0 atom stereocenters. The number of nitriles is 2. The molecule has 0 unspecified atom stereocenters. The Morgan fingerprint density at radius 3 is 1.47 bits per heavy atom. The highest BCUT2D eigenvalue weighted by Gasteiger charge is 2.13. The normalized spacial score (nSPS) is 12.4. The van der Waals surface area contributed by atoms with Gasteiger partial charge in [-0.2, -0.15) is 10.5 Å². The van der Waals surface area contributed by atoms with Crippen molar-refractivity contribution in [1.29, 1.82) is 10.5 Å². The summed E-state index contributed by atoms with van der Waals surface area (Å²) in [5.74, 6) is 0. The van der Waals surface area contributed by atoms with Crippen molar-refractivity contribution in [3.05, 3.63) is 103 Å². The first kappa shape index (κ1) is 17.9. The minimum absolute atomic E-state index is 0.120. The Labute approximate surface area is 179 Å². The standard InChI is InChI=1S/C26H12N4O2/c27-11-13-7-15-3-1-5-19-21(15)17(9-13)25(31)23(29-19)24-26(32)18-10-14(12-28)8-16-4-2-6-20(30-24)22(16)18/h1-10,29-30H/b24-23-. The third-order valence-electron chi connectivity index (χ3n) is 5.92. The molecular formula is C26H12N4O2. The van der Waals surface area contributed by atoms with Crippen LogP contribution in [0.4, 0.5) is 0 Å². The number of rotatable bonds is 0. The van der Waals surface area contributed by atoms with Gasteiger partial charge in [0.25, 0.3) is 0 Å². The van der Waals surface area contributed by atoms with Crippen LogP contribution in [0.2, 0.25) is 0 Å². The Balaban J connectivity index is 1.95. The minimum atomic E-state index is -0.367. The predicted octanol–water partition coefficient (Wildman–Crippen LogP) is 4.14. The van der Waals surface area contributed by atoms with Gasteiger partial charge in [-0.3, -0.25) is 9.59 Å². The van der Waals surface area contributed by atoms with Gasteiger partial charge in [0, 0.05) is 32.6 Å². The van der Waals surface area contributed by atoms with Crippen molar-refractivity contribution in [2.75, 3.05) is 0 Å². The van der Waals surface area contributed by atoms with Crippen molar-refractivity contribution < 1.29 is 0 Å². The van der Waals surface area contributed by atoms with Crippen LogP contribution in [-0.4, -0.2) is 9.97 Å². The van der Waals surface area contributed by atoms with Crippen LogP contribution >= 0.6 is 0 Å². The zero-order chi connectivity index (χ0) is 22.0. The van der Waals surface area contributed by atoms with E-state index in [0.717, 1.165) is 21.5 Å². The van der Waals surface area contributed by atoms with E-state index in [0.29, 0.717) is 32.9 Å². The first-order chi connectivity index (χ1) is 15.6. The van der Waals surface area contributed by atoms with Gasteiger partial charge in [-0.05, 0) is 47.2 Å². The summed E-state index contributed by atoms with van der Waals surface area (Å²) in [5, 5.41) is 22.8. The van der Waals surface area contributed by atoms with E-state index in [-0.39, 0.29) is 21.6 Å². The summed E-state index contributed by atoms with van der Waals surface area (Å²) in [6.07, 6.45) is 0. The summed E-state index contributed by atoms with van der Waals surface area (Å²) in [5.41, 5.74) is 1.39. The molecule has 2 N–H and O–H groups in total. The van der Waals surface area contributed by atoms with Crippen LogP contribution in [0, 0.1) is 33.4 Å². The van der Waals surface area contributed by atoms with Gasteiger partial charge in [0.1, 0.15) is 10.7 Å². The van der Waals surface area contributed by atoms with Crippen molar-refractivity contribution in [1.82, 2.24) is 9.97 Å². The Hall–Kier alpha value is -4.94. The van der Waals surface area contributed by atoms with Crippen molar-refractivity contribution in [2.24, 2.45) is 0 Å². The first-order valence-electron chi connectivity index (χ1n) is 9.90. The number of nitrogens with zero attached hydrogens (tertiary/aromatic N) is 2. The monoisotopic (exact) mass is 412 g/mol. The summed E-state index contributed by atoms with van der Waals surface area (Å²) in [6.45, 7) is 0. The summed E-state index contributed by atoms with van der Waals surface area (Å²) < 4.78 is 0. The van der Waals surface area contributed by atoms with Gasteiger partial charge in [0.15, 0.2) is 0 Å². The van der Waals surface area contributed by atoms with Crippen molar-refractivity contribution >= 4 is 43.4 Å². The highest BCUT2D eigenvalue weighted by atomic mass is 16.1. The Morgan fingerprint density at radius 1 is 0.625 bits per heavy atom. The Bertz CT molecular complexity index is 1900. The highest BCUT2D eigenvalue weighted by molar-refractivity contribution is 6.10. The molecule has 0 bridgehead atoms. The van der Waals surface area contributed by atoms with Gasteiger partial charge in [0.2, 0.25) is 10.9 Å². The van der Waals surface area contributed by atoms with E-state index in [1.165, 1.54) is 0 Å². The number of benzene rings is 4. The number of aromatic amines is 2. The molecule has 0 amide bonds. The van der Waals surface area contributed by atoms with E-state index < -0.39 is 0 Å². The molecular weight excluding hydrogens is 400 g/mol. The average Bonchev–Trinajstić information content (AvgIpc) is 2.82. The van der Waals surface area contributed by atoms with Gasteiger partial charge in [-0.25, -0.2) is 0 Å². The van der Waals surface area contributed by atoms with Crippen LogP contribution in [0.3, 0.4) is 0 Å². The minimum Gasteiger partial charge on any atom is -0.350 e. The maximum Gasteiger partial charge on any atom is 0.212 e. The zero-order valence-corrected chi connectivity index (χ0v) is 16.5. The maximum absolute atomic E-state index is 13.5. The lowest BCUT2D eigenvalue weighted by Crippen LogP contribution is -2.14. The maximum atomic E-state index is 13.5. The second-order valence-corrected chi connectivity index (χ2v) is 7.74.